The highest BCUT2D eigenvalue weighted by molar-refractivity contribution is 5.95. The molecular formula is C21H27F6N3O6. The van der Waals surface area contributed by atoms with Gasteiger partial charge in [0, 0.05) is 19.0 Å². The minimum Gasteiger partial charge on any atom is -0.383 e. The number of halogens is 6. The average Bonchev–Trinajstić information content (AvgIpc) is 3.09. The van der Waals surface area contributed by atoms with E-state index in [-0.39, 0.29) is 31.8 Å². The molecule has 2 aliphatic heterocycles. The van der Waals surface area contributed by atoms with Crippen molar-refractivity contribution < 1.29 is 55.4 Å². The SMILES string of the molecule is CC1(C)[C@@H]2[C@@H](C(=O)N[C@@H](C[C@@H]3CCNC3=O)C(=O)COC(F)(F)F)N(C(=O)[C@H](O)CC(F)(F)F)C[C@@H]21. The molecule has 0 unspecified atom stereocenters. The van der Waals surface area contributed by atoms with Crippen LogP contribution in [0.2, 0.25) is 0 Å². The number of ketones is 1. The third-order valence-electron chi connectivity index (χ3n) is 7.24. The maximum absolute atomic E-state index is 13.2. The first-order valence-corrected chi connectivity index (χ1v) is 11.3. The number of fused-ring (bicyclic) bond motifs is 1. The van der Waals surface area contributed by atoms with E-state index in [1.165, 1.54) is 0 Å². The van der Waals surface area contributed by atoms with Gasteiger partial charge in [-0.05, 0) is 30.1 Å². The van der Waals surface area contributed by atoms with Crippen LogP contribution in [-0.2, 0) is 23.9 Å². The van der Waals surface area contributed by atoms with Gasteiger partial charge in [0.15, 0.2) is 5.78 Å². The zero-order valence-electron chi connectivity index (χ0n) is 19.4. The van der Waals surface area contributed by atoms with E-state index in [4.69, 9.17) is 0 Å². The Labute approximate surface area is 201 Å². The number of likely N-dealkylation sites (tertiary alicyclic amines) is 1. The first kappa shape index (κ1) is 28.2. The predicted octanol–water partition coefficient (Wildman–Crippen LogP) is 0.899. The number of amides is 3. The highest BCUT2D eigenvalue weighted by atomic mass is 19.4. The van der Waals surface area contributed by atoms with Crippen LogP contribution in [0.3, 0.4) is 0 Å². The van der Waals surface area contributed by atoms with Gasteiger partial charge >= 0.3 is 12.5 Å². The predicted molar refractivity (Wildman–Crippen MR) is 108 cm³/mol. The number of alkyl halides is 6. The summed E-state index contributed by atoms with van der Waals surface area (Å²) in [4.78, 5) is 51.1. The minimum atomic E-state index is -5.12. The summed E-state index contributed by atoms with van der Waals surface area (Å²) < 4.78 is 79.0. The lowest BCUT2D eigenvalue weighted by atomic mass is 9.94. The second-order valence-electron chi connectivity index (χ2n) is 10.00. The zero-order chi connectivity index (χ0) is 27.2. The Bertz CT molecular complexity index is 908. The van der Waals surface area contributed by atoms with E-state index in [2.05, 4.69) is 15.4 Å². The molecule has 1 aliphatic carbocycles. The summed E-state index contributed by atoms with van der Waals surface area (Å²) in [6.45, 7) is 2.29. The second-order valence-corrected chi connectivity index (χ2v) is 10.00. The largest absolute Gasteiger partial charge is 0.522 e. The fraction of sp³-hybridized carbons (Fsp3) is 0.810. The smallest absolute Gasteiger partial charge is 0.383 e. The molecule has 0 aromatic heterocycles. The summed E-state index contributed by atoms with van der Waals surface area (Å²) >= 11 is 0. The molecule has 0 radical (unpaired) electrons. The maximum atomic E-state index is 13.2. The molecule has 0 aromatic carbocycles. The fourth-order valence-corrected chi connectivity index (χ4v) is 5.25. The summed E-state index contributed by atoms with van der Waals surface area (Å²) in [6, 6.07) is -2.93. The highest BCUT2D eigenvalue weighted by Crippen LogP contribution is 2.65. The van der Waals surface area contributed by atoms with Crippen LogP contribution in [0.4, 0.5) is 26.3 Å². The molecule has 0 spiro atoms. The Morgan fingerprint density at radius 2 is 1.86 bits per heavy atom. The first-order chi connectivity index (χ1) is 16.4. The van der Waals surface area contributed by atoms with Gasteiger partial charge < -0.3 is 20.6 Å². The van der Waals surface area contributed by atoms with E-state index >= 15 is 0 Å². The molecule has 2 heterocycles. The molecule has 15 heteroatoms. The van der Waals surface area contributed by atoms with Crippen LogP contribution in [0, 0.1) is 23.2 Å². The molecule has 1 saturated carbocycles. The fourth-order valence-electron chi connectivity index (χ4n) is 5.25. The van der Waals surface area contributed by atoms with Crippen LogP contribution in [0.5, 0.6) is 0 Å². The van der Waals surface area contributed by atoms with Crippen molar-refractivity contribution in [2.75, 3.05) is 19.7 Å². The number of carbonyl (C=O) groups is 4. The van der Waals surface area contributed by atoms with Crippen LogP contribution in [0.15, 0.2) is 0 Å². The molecule has 3 fully saturated rings. The number of aliphatic hydroxyl groups is 1. The van der Waals surface area contributed by atoms with E-state index in [9.17, 15) is 50.6 Å². The number of aliphatic hydroxyl groups excluding tert-OH is 1. The Morgan fingerprint density at radius 3 is 2.39 bits per heavy atom. The van der Waals surface area contributed by atoms with Gasteiger partial charge in [-0.1, -0.05) is 13.8 Å². The highest BCUT2D eigenvalue weighted by Gasteiger charge is 2.69. The summed E-state index contributed by atoms with van der Waals surface area (Å²) in [6.07, 6.45) is -14.3. The van der Waals surface area contributed by atoms with Crippen LogP contribution in [0.1, 0.15) is 33.1 Å². The maximum Gasteiger partial charge on any atom is 0.522 e. The molecule has 204 valence electrons. The molecule has 0 aromatic rings. The standard InChI is InChI=1S/C21H27F6N3O6/c1-19(2)10-7-30(18(35)12(31)6-20(22,23)24)15(14(10)19)17(34)29-11(5-9-3-4-28-16(9)33)13(32)8-36-21(25,26)27/h9-12,14-15,31H,3-8H2,1-2H3,(H,28,33)(H,29,34)/t9-,10-,11-,12+,14-,15-/m0/s1. The third kappa shape index (κ3) is 6.28. The number of piperidine rings is 1. The molecule has 3 amide bonds. The third-order valence-corrected chi connectivity index (χ3v) is 7.24. The van der Waals surface area contributed by atoms with E-state index in [0.29, 0.717) is 0 Å². The van der Waals surface area contributed by atoms with Gasteiger partial charge in [0.1, 0.15) is 18.8 Å². The van der Waals surface area contributed by atoms with E-state index in [0.717, 1.165) is 4.90 Å². The number of rotatable bonds is 9. The van der Waals surface area contributed by atoms with E-state index in [1.807, 2.05) is 0 Å². The van der Waals surface area contributed by atoms with Gasteiger partial charge in [0.25, 0.3) is 5.91 Å². The van der Waals surface area contributed by atoms with Crippen molar-refractivity contribution in [3.05, 3.63) is 0 Å². The number of nitrogens with one attached hydrogen (secondary N) is 2. The van der Waals surface area contributed by atoms with E-state index < -0.39 is 84.5 Å². The summed E-state index contributed by atoms with van der Waals surface area (Å²) in [7, 11) is 0. The summed E-state index contributed by atoms with van der Waals surface area (Å²) in [5.41, 5.74) is -0.474. The van der Waals surface area contributed by atoms with Crippen molar-refractivity contribution in [3.8, 4) is 0 Å². The number of nitrogens with zero attached hydrogens (tertiary/aromatic N) is 1. The number of ether oxygens (including phenoxy) is 1. The lowest BCUT2D eigenvalue weighted by Crippen LogP contribution is -2.56. The number of Topliss-reactive ketones (excluding diaryl/α,β-unsaturated/α-hetero) is 1. The topological polar surface area (TPSA) is 125 Å². The molecular weight excluding hydrogens is 504 g/mol. The average molecular weight is 531 g/mol. The van der Waals surface area contributed by atoms with Gasteiger partial charge in [-0.15, -0.1) is 13.2 Å². The molecule has 0 bridgehead atoms. The Morgan fingerprint density at radius 1 is 1.22 bits per heavy atom. The van der Waals surface area contributed by atoms with Crippen LogP contribution < -0.4 is 10.6 Å². The molecule has 3 N–H and O–H groups in total. The van der Waals surface area contributed by atoms with Crippen LogP contribution in [0.25, 0.3) is 0 Å². The monoisotopic (exact) mass is 531 g/mol. The normalized spacial score (nSPS) is 28.8. The number of carbonyl (C=O) groups excluding carboxylic acids is 4. The quantitative estimate of drug-likeness (QED) is 0.380. The Hall–Kier alpha value is -2.42. The van der Waals surface area contributed by atoms with Gasteiger partial charge in [0.05, 0.1) is 12.5 Å². The summed E-state index contributed by atoms with van der Waals surface area (Å²) in [5.74, 6) is -5.44. The van der Waals surface area contributed by atoms with Crippen molar-refractivity contribution >= 4 is 23.5 Å². The van der Waals surface area contributed by atoms with Crippen molar-refractivity contribution in [1.82, 2.24) is 15.5 Å². The Balaban J connectivity index is 1.78. The molecule has 36 heavy (non-hydrogen) atoms. The van der Waals surface area contributed by atoms with Crippen molar-refractivity contribution in [1.29, 1.82) is 0 Å². The zero-order valence-corrected chi connectivity index (χ0v) is 19.4. The van der Waals surface area contributed by atoms with Crippen LogP contribution in [-0.4, -0.2) is 83.9 Å². The minimum absolute atomic E-state index is 0.107. The Kier molecular flexibility index (Phi) is 7.66. The van der Waals surface area contributed by atoms with Gasteiger partial charge in [-0.25, -0.2) is 0 Å². The number of hydrogen-bond acceptors (Lipinski definition) is 6. The molecule has 3 aliphatic rings. The molecule has 9 nitrogen and oxygen atoms in total. The number of hydrogen-bond donors (Lipinski definition) is 3. The van der Waals surface area contributed by atoms with Gasteiger partial charge in [-0.2, -0.15) is 13.2 Å². The van der Waals surface area contributed by atoms with Gasteiger partial charge in [0.2, 0.25) is 11.8 Å². The molecule has 3 rings (SSSR count). The van der Waals surface area contributed by atoms with Crippen molar-refractivity contribution in [2.45, 2.75) is 63.8 Å². The molecule has 2 saturated heterocycles. The lowest BCUT2D eigenvalue weighted by Gasteiger charge is -2.33. The summed E-state index contributed by atoms with van der Waals surface area (Å²) in [5, 5.41) is 14.6. The van der Waals surface area contributed by atoms with Gasteiger partial charge in [-0.3, -0.25) is 23.9 Å². The second kappa shape index (κ2) is 9.80. The molecule has 6 atom stereocenters. The van der Waals surface area contributed by atoms with Crippen LogP contribution >= 0.6 is 0 Å². The first-order valence-electron chi connectivity index (χ1n) is 11.3. The lowest BCUT2D eigenvalue weighted by molar-refractivity contribution is -0.321. The van der Waals surface area contributed by atoms with Crippen molar-refractivity contribution in [2.24, 2.45) is 23.2 Å². The van der Waals surface area contributed by atoms with Crippen molar-refractivity contribution in [3.63, 3.8) is 0 Å². The van der Waals surface area contributed by atoms with E-state index in [1.54, 1.807) is 13.8 Å².